The second-order valence-electron chi connectivity index (χ2n) is 6.23. The number of amides is 1. The zero-order valence-electron chi connectivity index (χ0n) is 13.9. The summed E-state index contributed by atoms with van der Waals surface area (Å²) in [6, 6.07) is 12.8. The predicted octanol–water partition coefficient (Wildman–Crippen LogP) is 4.29. The summed E-state index contributed by atoms with van der Waals surface area (Å²) < 4.78 is 6.61. The van der Waals surface area contributed by atoms with Gasteiger partial charge in [-0.2, -0.15) is 0 Å². The van der Waals surface area contributed by atoms with Crippen LogP contribution in [0.4, 0.5) is 0 Å². The summed E-state index contributed by atoms with van der Waals surface area (Å²) in [6.07, 6.45) is 0.942. The first-order valence-corrected chi connectivity index (χ1v) is 8.92. The molecule has 0 saturated carbocycles. The largest absolute Gasteiger partial charge is 0.450 e. The molecule has 0 bridgehead atoms. The van der Waals surface area contributed by atoms with Gasteiger partial charge < -0.3 is 9.32 Å². The number of hydrogen-bond donors (Lipinski definition) is 0. The van der Waals surface area contributed by atoms with Gasteiger partial charge in [-0.25, -0.2) is 0 Å². The maximum atomic E-state index is 13.1. The fourth-order valence-corrected chi connectivity index (χ4v) is 3.75. The van der Waals surface area contributed by atoms with Crippen LogP contribution >= 0.6 is 15.9 Å². The highest BCUT2D eigenvalue weighted by molar-refractivity contribution is 9.10. The Morgan fingerprint density at radius 3 is 2.52 bits per heavy atom. The number of carbonyl (C=O) groups excluding carboxylic acids is 1. The van der Waals surface area contributed by atoms with Crippen LogP contribution in [0.25, 0.3) is 11.0 Å². The zero-order valence-corrected chi connectivity index (χ0v) is 15.5. The summed E-state index contributed by atoms with van der Waals surface area (Å²) in [5.74, 6) is -0.117. The Morgan fingerprint density at radius 2 is 1.84 bits per heavy atom. The van der Waals surface area contributed by atoms with Crippen molar-refractivity contribution in [3.8, 4) is 0 Å². The van der Waals surface area contributed by atoms with Crippen LogP contribution in [0.1, 0.15) is 40.2 Å². The van der Waals surface area contributed by atoms with Gasteiger partial charge in [-0.1, -0.05) is 47.1 Å². The molecule has 1 unspecified atom stereocenters. The van der Waals surface area contributed by atoms with Gasteiger partial charge in [0.2, 0.25) is 5.76 Å². The van der Waals surface area contributed by atoms with Crippen molar-refractivity contribution in [1.29, 1.82) is 0 Å². The third-order valence-electron chi connectivity index (χ3n) is 4.77. The number of fused-ring (bicyclic) bond motifs is 2. The van der Waals surface area contributed by atoms with Gasteiger partial charge in [-0.15, -0.1) is 0 Å². The van der Waals surface area contributed by atoms with Gasteiger partial charge in [0, 0.05) is 11.5 Å². The molecule has 126 valence electrons. The van der Waals surface area contributed by atoms with Crippen molar-refractivity contribution in [2.24, 2.45) is 0 Å². The first-order valence-electron chi connectivity index (χ1n) is 8.13. The minimum Gasteiger partial charge on any atom is -0.450 e. The minimum absolute atomic E-state index is 0.145. The second kappa shape index (κ2) is 5.85. The normalized spacial score (nSPS) is 16.5. The molecule has 4 nitrogen and oxygen atoms in total. The number of aryl methyl sites for hydroxylation is 1. The van der Waals surface area contributed by atoms with E-state index in [9.17, 15) is 9.59 Å². The van der Waals surface area contributed by atoms with Crippen LogP contribution in [0.3, 0.4) is 0 Å². The highest BCUT2D eigenvalue weighted by Crippen LogP contribution is 2.37. The quantitative estimate of drug-likeness (QED) is 0.647. The van der Waals surface area contributed by atoms with Crippen LogP contribution < -0.4 is 5.43 Å². The lowest BCUT2D eigenvalue weighted by molar-refractivity contribution is 0.0771. The minimum atomic E-state index is -0.423. The van der Waals surface area contributed by atoms with Gasteiger partial charge in [0.1, 0.15) is 5.58 Å². The molecule has 0 spiro atoms. The monoisotopic (exact) mass is 397 g/mol. The first kappa shape index (κ1) is 16.1. The Balaban J connectivity index is 1.98. The number of benzene rings is 2. The van der Waals surface area contributed by atoms with E-state index in [2.05, 4.69) is 22.9 Å². The summed E-state index contributed by atoms with van der Waals surface area (Å²) >= 11 is 3.39. The molecule has 0 radical (unpaired) electrons. The molecule has 1 atom stereocenters. The standard InChI is InChI=1S/C20H16BrNO3/c1-3-11-4-6-12(7-5-11)17-16-18(23)14-10-13(21)8-9-15(14)25-19(16)20(24)22(17)2/h4-10,17H,3H2,1-2H3. The molecular weight excluding hydrogens is 382 g/mol. The SMILES string of the molecule is CCc1ccc(C2c3c(oc4ccc(Br)cc4c3=O)C(=O)N2C)cc1. The van der Waals surface area contributed by atoms with E-state index in [4.69, 9.17) is 4.42 Å². The summed E-state index contributed by atoms with van der Waals surface area (Å²) in [4.78, 5) is 27.3. The maximum absolute atomic E-state index is 13.1. The Morgan fingerprint density at radius 1 is 1.12 bits per heavy atom. The predicted molar refractivity (Wildman–Crippen MR) is 99.9 cm³/mol. The van der Waals surface area contributed by atoms with E-state index in [1.54, 1.807) is 30.1 Å². The van der Waals surface area contributed by atoms with Gasteiger partial charge in [0.05, 0.1) is 17.0 Å². The lowest BCUT2D eigenvalue weighted by Crippen LogP contribution is -2.25. The van der Waals surface area contributed by atoms with E-state index in [0.717, 1.165) is 16.5 Å². The molecule has 4 rings (SSSR count). The highest BCUT2D eigenvalue weighted by Gasteiger charge is 2.40. The fraction of sp³-hybridized carbons (Fsp3) is 0.200. The van der Waals surface area contributed by atoms with Crippen LogP contribution in [0, 0.1) is 0 Å². The van der Waals surface area contributed by atoms with Gasteiger partial charge in [-0.3, -0.25) is 9.59 Å². The number of hydrogen-bond acceptors (Lipinski definition) is 3. The molecule has 2 heterocycles. The summed E-state index contributed by atoms with van der Waals surface area (Å²) in [5.41, 5.74) is 2.82. The van der Waals surface area contributed by atoms with Crippen molar-refractivity contribution >= 4 is 32.8 Å². The van der Waals surface area contributed by atoms with E-state index in [-0.39, 0.29) is 17.1 Å². The number of halogens is 1. The molecule has 0 fully saturated rings. The maximum Gasteiger partial charge on any atom is 0.290 e. The van der Waals surface area contributed by atoms with Gasteiger partial charge in [0.15, 0.2) is 5.43 Å². The molecule has 1 aliphatic rings. The summed E-state index contributed by atoms with van der Waals surface area (Å²) in [7, 11) is 1.70. The Kier molecular flexibility index (Phi) is 3.76. The molecule has 0 aliphatic carbocycles. The third kappa shape index (κ3) is 2.42. The topological polar surface area (TPSA) is 50.5 Å². The molecule has 1 aliphatic heterocycles. The number of rotatable bonds is 2. The van der Waals surface area contributed by atoms with Gasteiger partial charge in [0.25, 0.3) is 5.91 Å². The Hall–Kier alpha value is -2.40. The molecule has 5 heteroatoms. The molecule has 1 aromatic heterocycles. The van der Waals surface area contributed by atoms with Crippen molar-refractivity contribution in [1.82, 2.24) is 4.90 Å². The van der Waals surface area contributed by atoms with Crippen LogP contribution in [-0.4, -0.2) is 17.9 Å². The molecular formula is C20H16BrNO3. The van der Waals surface area contributed by atoms with Crippen molar-refractivity contribution in [2.45, 2.75) is 19.4 Å². The highest BCUT2D eigenvalue weighted by atomic mass is 79.9. The summed E-state index contributed by atoms with van der Waals surface area (Å²) in [6.45, 7) is 2.09. The van der Waals surface area contributed by atoms with Crippen molar-refractivity contribution < 1.29 is 9.21 Å². The molecule has 0 saturated heterocycles. The lowest BCUT2D eigenvalue weighted by Gasteiger charge is -2.20. The van der Waals surface area contributed by atoms with E-state index >= 15 is 0 Å². The van der Waals surface area contributed by atoms with Crippen LogP contribution in [0.2, 0.25) is 0 Å². The van der Waals surface area contributed by atoms with Gasteiger partial charge in [-0.05, 0) is 35.7 Å². The average molecular weight is 398 g/mol. The number of nitrogens with zero attached hydrogens (tertiary/aromatic N) is 1. The molecule has 2 aromatic carbocycles. The van der Waals surface area contributed by atoms with Crippen molar-refractivity contribution in [2.75, 3.05) is 7.05 Å². The second-order valence-corrected chi connectivity index (χ2v) is 7.14. The van der Waals surface area contributed by atoms with Crippen LogP contribution in [0.5, 0.6) is 0 Å². The van der Waals surface area contributed by atoms with E-state index < -0.39 is 6.04 Å². The fourth-order valence-electron chi connectivity index (χ4n) is 3.39. The van der Waals surface area contributed by atoms with Crippen molar-refractivity contribution in [3.63, 3.8) is 0 Å². The number of carbonyl (C=O) groups is 1. The average Bonchev–Trinajstić information content (AvgIpc) is 2.88. The smallest absolute Gasteiger partial charge is 0.290 e. The van der Waals surface area contributed by atoms with Gasteiger partial charge >= 0.3 is 0 Å². The third-order valence-corrected chi connectivity index (χ3v) is 5.26. The lowest BCUT2D eigenvalue weighted by atomic mass is 9.97. The van der Waals surface area contributed by atoms with E-state index in [1.165, 1.54) is 5.56 Å². The Labute approximate surface area is 153 Å². The zero-order chi connectivity index (χ0) is 17.7. The van der Waals surface area contributed by atoms with E-state index in [0.29, 0.717) is 16.5 Å². The van der Waals surface area contributed by atoms with Crippen molar-refractivity contribution in [3.05, 3.63) is 79.6 Å². The summed E-state index contributed by atoms with van der Waals surface area (Å²) in [5, 5.41) is 0.478. The first-order chi connectivity index (χ1) is 12.0. The molecule has 0 N–H and O–H groups in total. The molecule has 25 heavy (non-hydrogen) atoms. The molecule has 1 amide bonds. The molecule has 3 aromatic rings. The van der Waals surface area contributed by atoms with Crippen LogP contribution in [-0.2, 0) is 6.42 Å². The Bertz CT molecular complexity index is 1050. The van der Waals surface area contributed by atoms with Crippen LogP contribution in [0.15, 0.2) is 56.1 Å². The van der Waals surface area contributed by atoms with E-state index in [1.807, 2.05) is 24.3 Å².